The van der Waals surface area contributed by atoms with E-state index in [-0.39, 0.29) is 0 Å². The Morgan fingerprint density at radius 2 is 2.20 bits per heavy atom. The van der Waals surface area contributed by atoms with Gasteiger partial charge in [0.05, 0.1) is 0 Å². The Bertz CT molecular complexity index is 251. The molecule has 1 N–H and O–H groups in total. The van der Waals surface area contributed by atoms with Gasteiger partial charge in [-0.05, 0) is 30.2 Å². The van der Waals surface area contributed by atoms with Crippen molar-refractivity contribution in [1.82, 2.24) is 0 Å². The summed E-state index contributed by atoms with van der Waals surface area (Å²) < 4.78 is 0. The zero-order valence-electron chi connectivity index (χ0n) is 5.96. The van der Waals surface area contributed by atoms with Crippen LogP contribution in [-0.4, -0.2) is 5.11 Å². The quantitative estimate of drug-likeness (QED) is 0.625. The Labute approximate surface area is 60.6 Å². The number of hydrogen-bond acceptors (Lipinski definition) is 1. The van der Waals surface area contributed by atoms with Crippen molar-refractivity contribution >= 4 is 6.08 Å². The van der Waals surface area contributed by atoms with E-state index in [0.717, 1.165) is 11.1 Å². The van der Waals surface area contributed by atoms with Gasteiger partial charge in [-0.2, -0.15) is 0 Å². The highest BCUT2D eigenvalue weighted by Gasteiger charge is 1.92. The van der Waals surface area contributed by atoms with Crippen molar-refractivity contribution in [1.29, 1.82) is 0 Å². The largest absolute Gasteiger partial charge is 0.508 e. The maximum Gasteiger partial charge on any atom is 0.115 e. The van der Waals surface area contributed by atoms with E-state index >= 15 is 0 Å². The first-order valence-corrected chi connectivity index (χ1v) is 3.16. The molecule has 0 saturated carbocycles. The minimum Gasteiger partial charge on any atom is -0.508 e. The molecule has 0 bridgehead atoms. The minimum atomic E-state index is 0.308. The molecule has 0 fully saturated rings. The zero-order chi connectivity index (χ0) is 7.56. The van der Waals surface area contributed by atoms with Crippen molar-refractivity contribution < 1.29 is 5.11 Å². The predicted molar refractivity (Wildman–Crippen MR) is 42.9 cm³/mol. The molecule has 1 heteroatoms. The number of phenolic OH excluding ortho intramolecular Hbond substituents is 1. The van der Waals surface area contributed by atoms with Crippen LogP contribution in [0.1, 0.15) is 11.1 Å². The maximum atomic E-state index is 9.00. The van der Waals surface area contributed by atoms with Crippen LogP contribution in [0.15, 0.2) is 24.8 Å². The summed E-state index contributed by atoms with van der Waals surface area (Å²) in [6, 6.07) is 5.22. The Hall–Kier alpha value is -1.24. The molecule has 0 heterocycles. The summed E-state index contributed by atoms with van der Waals surface area (Å²) in [5.41, 5.74) is 2.12. The number of rotatable bonds is 1. The second-order valence-electron chi connectivity index (χ2n) is 2.25. The number of benzene rings is 1. The van der Waals surface area contributed by atoms with Gasteiger partial charge >= 0.3 is 0 Å². The van der Waals surface area contributed by atoms with Gasteiger partial charge in [0.2, 0.25) is 0 Å². The summed E-state index contributed by atoms with van der Waals surface area (Å²) in [5, 5.41) is 9.00. The van der Waals surface area contributed by atoms with Gasteiger partial charge in [0.1, 0.15) is 5.75 Å². The van der Waals surface area contributed by atoms with Gasteiger partial charge in [-0.3, -0.25) is 0 Å². The molecule has 0 unspecified atom stereocenters. The Morgan fingerprint density at radius 1 is 1.50 bits per heavy atom. The highest BCUT2D eigenvalue weighted by atomic mass is 16.3. The molecule has 1 aromatic rings. The van der Waals surface area contributed by atoms with Gasteiger partial charge in [0.25, 0.3) is 0 Å². The molecule has 0 atom stereocenters. The standard InChI is InChI=1S/C9H10O/c1-3-8-4-5-9(10)6-7(8)2/h3-6,10H,1H2,2H3. The SMILES string of the molecule is C=Cc1ccc(O)cc1C. The highest BCUT2D eigenvalue weighted by molar-refractivity contribution is 5.53. The molecular weight excluding hydrogens is 124 g/mol. The van der Waals surface area contributed by atoms with E-state index in [0.29, 0.717) is 5.75 Å². The van der Waals surface area contributed by atoms with E-state index in [1.807, 2.05) is 13.0 Å². The lowest BCUT2D eigenvalue weighted by Gasteiger charge is -1.98. The summed E-state index contributed by atoms with van der Waals surface area (Å²) >= 11 is 0. The number of aromatic hydroxyl groups is 1. The van der Waals surface area contributed by atoms with E-state index in [2.05, 4.69) is 6.58 Å². The summed E-state index contributed by atoms with van der Waals surface area (Å²) in [6.45, 7) is 5.58. The molecule has 1 aromatic carbocycles. The Balaban J connectivity index is 3.19. The van der Waals surface area contributed by atoms with Crippen molar-refractivity contribution in [2.45, 2.75) is 6.92 Å². The molecule has 0 aliphatic rings. The average molecular weight is 134 g/mol. The first-order valence-electron chi connectivity index (χ1n) is 3.16. The zero-order valence-corrected chi connectivity index (χ0v) is 5.96. The van der Waals surface area contributed by atoms with Gasteiger partial charge in [-0.15, -0.1) is 0 Å². The van der Waals surface area contributed by atoms with E-state index in [1.54, 1.807) is 18.2 Å². The molecule has 0 saturated heterocycles. The predicted octanol–water partition coefficient (Wildman–Crippen LogP) is 2.34. The minimum absolute atomic E-state index is 0.308. The number of hydrogen-bond donors (Lipinski definition) is 1. The molecule has 10 heavy (non-hydrogen) atoms. The van der Waals surface area contributed by atoms with E-state index in [1.165, 1.54) is 0 Å². The van der Waals surface area contributed by atoms with Crippen LogP contribution in [0, 0.1) is 6.92 Å². The van der Waals surface area contributed by atoms with Gasteiger partial charge in [0, 0.05) is 0 Å². The fraction of sp³-hybridized carbons (Fsp3) is 0.111. The first kappa shape index (κ1) is 6.87. The lowest BCUT2D eigenvalue weighted by atomic mass is 10.1. The van der Waals surface area contributed by atoms with Crippen LogP contribution in [0.2, 0.25) is 0 Å². The molecule has 0 spiro atoms. The fourth-order valence-corrected chi connectivity index (χ4v) is 0.889. The Morgan fingerprint density at radius 3 is 2.70 bits per heavy atom. The van der Waals surface area contributed by atoms with Crippen LogP contribution in [0.3, 0.4) is 0 Å². The summed E-state index contributed by atoms with van der Waals surface area (Å²) in [6.07, 6.45) is 1.77. The third-order valence-electron chi connectivity index (χ3n) is 1.47. The third kappa shape index (κ3) is 1.18. The van der Waals surface area contributed by atoms with Crippen LogP contribution in [-0.2, 0) is 0 Å². The first-order chi connectivity index (χ1) is 4.74. The van der Waals surface area contributed by atoms with Crippen LogP contribution >= 0.6 is 0 Å². The monoisotopic (exact) mass is 134 g/mol. The summed E-state index contributed by atoms with van der Waals surface area (Å²) in [7, 11) is 0. The lowest BCUT2D eigenvalue weighted by molar-refractivity contribution is 0.475. The molecular formula is C9H10O. The van der Waals surface area contributed by atoms with E-state index < -0.39 is 0 Å². The van der Waals surface area contributed by atoms with Gasteiger partial charge in [-0.1, -0.05) is 18.7 Å². The molecule has 52 valence electrons. The molecule has 0 aliphatic heterocycles. The average Bonchev–Trinajstić information content (AvgIpc) is 1.88. The molecule has 0 amide bonds. The maximum absolute atomic E-state index is 9.00. The van der Waals surface area contributed by atoms with Gasteiger partial charge in [-0.25, -0.2) is 0 Å². The van der Waals surface area contributed by atoms with Crippen molar-refractivity contribution in [2.75, 3.05) is 0 Å². The lowest BCUT2D eigenvalue weighted by Crippen LogP contribution is -1.77. The molecule has 0 aromatic heterocycles. The van der Waals surface area contributed by atoms with Crippen LogP contribution in [0.25, 0.3) is 6.08 Å². The summed E-state index contributed by atoms with van der Waals surface area (Å²) in [4.78, 5) is 0. The van der Waals surface area contributed by atoms with Crippen LogP contribution < -0.4 is 0 Å². The molecule has 1 rings (SSSR count). The smallest absolute Gasteiger partial charge is 0.115 e. The number of phenols is 1. The molecule has 1 nitrogen and oxygen atoms in total. The highest BCUT2D eigenvalue weighted by Crippen LogP contribution is 2.15. The molecule has 0 aliphatic carbocycles. The van der Waals surface area contributed by atoms with Crippen molar-refractivity contribution in [3.05, 3.63) is 35.9 Å². The Kier molecular flexibility index (Phi) is 1.76. The second-order valence-corrected chi connectivity index (χ2v) is 2.25. The number of aryl methyl sites for hydroxylation is 1. The van der Waals surface area contributed by atoms with Gasteiger partial charge in [0.15, 0.2) is 0 Å². The summed E-state index contributed by atoms with van der Waals surface area (Å²) in [5.74, 6) is 0.308. The van der Waals surface area contributed by atoms with Crippen molar-refractivity contribution in [3.63, 3.8) is 0 Å². The van der Waals surface area contributed by atoms with E-state index in [9.17, 15) is 0 Å². The van der Waals surface area contributed by atoms with Gasteiger partial charge < -0.3 is 5.11 Å². The molecule has 0 radical (unpaired) electrons. The van der Waals surface area contributed by atoms with Crippen molar-refractivity contribution in [3.8, 4) is 5.75 Å². The van der Waals surface area contributed by atoms with Crippen molar-refractivity contribution in [2.24, 2.45) is 0 Å². The van der Waals surface area contributed by atoms with Crippen LogP contribution in [0.5, 0.6) is 5.75 Å². The van der Waals surface area contributed by atoms with E-state index in [4.69, 9.17) is 5.11 Å². The fourth-order valence-electron chi connectivity index (χ4n) is 0.889. The normalized spacial score (nSPS) is 9.30. The second kappa shape index (κ2) is 2.56. The third-order valence-corrected chi connectivity index (χ3v) is 1.47. The topological polar surface area (TPSA) is 20.2 Å². The van der Waals surface area contributed by atoms with Crippen LogP contribution in [0.4, 0.5) is 0 Å².